The van der Waals surface area contributed by atoms with Crippen LogP contribution in [0.3, 0.4) is 0 Å². The fraction of sp³-hybridized carbons (Fsp3) is 1.00. The van der Waals surface area contributed by atoms with Crippen LogP contribution in [0.15, 0.2) is 0 Å². The Hall–Kier alpha value is 0.250. The first kappa shape index (κ1) is 12.9. The zero-order chi connectivity index (χ0) is 7.28. The van der Waals surface area contributed by atoms with Gasteiger partial charge >= 0.3 is 0 Å². The predicted octanol–water partition coefficient (Wildman–Crippen LogP) is 2.58. The summed E-state index contributed by atoms with van der Waals surface area (Å²) in [5.74, 6) is 0.852. The van der Waals surface area contributed by atoms with Crippen LogP contribution in [0.25, 0.3) is 0 Å². The summed E-state index contributed by atoms with van der Waals surface area (Å²) >= 11 is 0. The first-order valence-electron chi connectivity index (χ1n) is 3.96. The van der Waals surface area contributed by atoms with E-state index in [0.717, 1.165) is 5.92 Å². The van der Waals surface area contributed by atoms with Crippen LogP contribution in [0, 0.1) is 5.92 Å². The van der Waals surface area contributed by atoms with Gasteiger partial charge in [-0.25, -0.2) is 0 Å². The molecule has 0 amide bonds. The van der Waals surface area contributed by atoms with Crippen molar-refractivity contribution in [3.8, 4) is 0 Å². The normalized spacial score (nSPS) is 12.9. The third-order valence-electron chi connectivity index (χ3n) is 1.86. The van der Waals surface area contributed by atoms with Gasteiger partial charge in [0.15, 0.2) is 0 Å². The van der Waals surface area contributed by atoms with Gasteiger partial charge in [-0.2, -0.15) is 0 Å². The molecule has 0 aromatic rings. The lowest BCUT2D eigenvalue weighted by molar-refractivity contribution is 0.421. The molecule has 0 spiro atoms. The highest BCUT2D eigenvalue weighted by molar-refractivity contribution is 5.85. The quantitative estimate of drug-likeness (QED) is 0.681. The van der Waals surface area contributed by atoms with Gasteiger partial charge in [-0.15, -0.1) is 12.4 Å². The summed E-state index contributed by atoms with van der Waals surface area (Å²) in [6, 6.07) is 0.384. The molecule has 1 nitrogen and oxygen atoms in total. The molecular weight excluding hydrogens is 146 g/mol. The molecule has 0 aromatic heterocycles. The van der Waals surface area contributed by atoms with Crippen LogP contribution in [0.2, 0.25) is 0 Å². The lowest BCUT2D eigenvalue weighted by Crippen LogP contribution is -2.18. The second-order valence-electron chi connectivity index (χ2n) is 2.90. The fourth-order valence-electron chi connectivity index (χ4n) is 1.15. The highest BCUT2D eigenvalue weighted by Gasteiger charge is 2.04. The van der Waals surface area contributed by atoms with Crippen molar-refractivity contribution in [3.63, 3.8) is 0 Å². The highest BCUT2D eigenvalue weighted by Crippen LogP contribution is 2.13. The second kappa shape index (κ2) is 7.36. The maximum absolute atomic E-state index is 5.64. The molecule has 2 heteroatoms. The summed E-state index contributed by atoms with van der Waals surface area (Å²) in [5, 5.41) is 0. The molecule has 0 bridgehead atoms. The number of rotatable bonds is 4. The van der Waals surface area contributed by atoms with E-state index in [-0.39, 0.29) is 12.4 Å². The Morgan fingerprint density at radius 2 is 1.60 bits per heavy atom. The van der Waals surface area contributed by atoms with Crippen LogP contribution in [-0.4, -0.2) is 6.04 Å². The van der Waals surface area contributed by atoms with Crippen molar-refractivity contribution < 1.29 is 0 Å². The smallest absolute Gasteiger partial charge is 0.00131 e. The molecule has 0 rings (SSSR count). The largest absolute Gasteiger partial charge is 0.328 e. The van der Waals surface area contributed by atoms with Gasteiger partial charge in [-0.3, -0.25) is 0 Å². The van der Waals surface area contributed by atoms with Crippen molar-refractivity contribution in [3.05, 3.63) is 0 Å². The van der Waals surface area contributed by atoms with Crippen molar-refractivity contribution in [2.45, 2.75) is 46.1 Å². The second-order valence-corrected chi connectivity index (χ2v) is 2.90. The van der Waals surface area contributed by atoms with Gasteiger partial charge in [-0.1, -0.05) is 26.7 Å². The van der Waals surface area contributed by atoms with E-state index < -0.39 is 0 Å². The van der Waals surface area contributed by atoms with Gasteiger partial charge < -0.3 is 5.73 Å². The summed E-state index contributed by atoms with van der Waals surface area (Å²) in [6.45, 7) is 6.55. The Morgan fingerprint density at radius 3 is 1.70 bits per heavy atom. The summed E-state index contributed by atoms with van der Waals surface area (Å²) in [4.78, 5) is 0. The topological polar surface area (TPSA) is 26.0 Å². The molecule has 0 unspecified atom stereocenters. The van der Waals surface area contributed by atoms with Crippen molar-refractivity contribution in [1.29, 1.82) is 0 Å². The molecule has 0 heterocycles. The number of hydrogen-bond acceptors (Lipinski definition) is 1. The van der Waals surface area contributed by atoms with Crippen LogP contribution in [0.5, 0.6) is 0 Å². The molecule has 10 heavy (non-hydrogen) atoms. The van der Waals surface area contributed by atoms with Crippen LogP contribution < -0.4 is 5.73 Å². The summed E-state index contributed by atoms with van der Waals surface area (Å²) < 4.78 is 0. The van der Waals surface area contributed by atoms with Gasteiger partial charge in [0.2, 0.25) is 0 Å². The van der Waals surface area contributed by atoms with Crippen molar-refractivity contribution >= 4 is 12.4 Å². The molecular formula is C8H20ClN. The minimum Gasteiger partial charge on any atom is -0.328 e. The van der Waals surface area contributed by atoms with E-state index in [4.69, 9.17) is 5.73 Å². The first-order chi connectivity index (χ1) is 4.20. The Balaban J connectivity index is 0. The van der Waals surface area contributed by atoms with E-state index in [2.05, 4.69) is 20.8 Å². The lowest BCUT2D eigenvalue weighted by atomic mass is 9.96. The fourth-order valence-corrected chi connectivity index (χ4v) is 1.15. The molecule has 0 fully saturated rings. The molecule has 2 N–H and O–H groups in total. The van der Waals surface area contributed by atoms with Crippen LogP contribution in [0.1, 0.15) is 40.0 Å². The minimum absolute atomic E-state index is 0. The highest BCUT2D eigenvalue weighted by atomic mass is 35.5. The summed E-state index contributed by atoms with van der Waals surface area (Å²) in [7, 11) is 0. The zero-order valence-corrected chi connectivity index (χ0v) is 8.08. The SMILES string of the molecule is CCC(CC)C[C@H](C)N.Cl. The van der Waals surface area contributed by atoms with Crippen molar-refractivity contribution in [2.24, 2.45) is 11.7 Å². The predicted molar refractivity (Wildman–Crippen MR) is 49.6 cm³/mol. The Morgan fingerprint density at radius 1 is 1.20 bits per heavy atom. The number of halogens is 1. The molecule has 0 aliphatic heterocycles. The first-order valence-corrected chi connectivity index (χ1v) is 3.96. The van der Waals surface area contributed by atoms with Crippen molar-refractivity contribution in [1.82, 2.24) is 0 Å². The molecule has 64 valence electrons. The molecule has 0 radical (unpaired) electrons. The summed E-state index contributed by atoms with van der Waals surface area (Å²) in [6.07, 6.45) is 3.74. The molecule has 0 saturated carbocycles. The van der Waals surface area contributed by atoms with Gasteiger partial charge in [0.1, 0.15) is 0 Å². The van der Waals surface area contributed by atoms with E-state index in [0.29, 0.717) is 6.04 Å². The molecule has 0 saturated heterocycles. The molecule has 1 atom stereocenters. The van der Waals surface area contributed by atoms with E-state index in [1.165, 1.54) is 19.3 Å². The minimum atomic E-state index is 0. The standard InChI is InChI=1S/C8H19N.ClH/c1-4-8(5-2)6-7(3)9;/h7-8H,4-6,9H2,1-3H3;1H/t7-;/m0./s1. The maximum atomic E-state index is 5.64. The monoisotopic (exact) mass is 165 g/mol. The van der Waals surface area contributed by atoms with Crippen LogP contribution >= 0.6 is 12.4 Å². The molecule has 0 aliphatic rings. The van der Waals surface area contributed by atoms with Gasteiger partial charge in [0.05, 0.1) is 0 Å². The van der Waals surface area contributed by atoms with E-state index in [9.17, 15) is 0 Å². The summed E-state index contributed by atoms with van der Waals surface area (Å²) in [5.41, 5.74) is 5.64. The third kappa shape index (κ3) is 6.37. The lowest BCUT2D eigenvalue weighted by Gasteiger charge is -2.13. The molecule has 0 aromatic carbocycles. The van der Waals surface area contributed by atoms with Gasteiger partial charge in [0.25, 0.3) is 0 Å². The number of hydrogen-bond donors (Lipinski definition) is 1. The van der Waals surface area contributed by atoms with E-state index >= 15 is 0 Å². The average molecular weight is 166 g/mol. The van der Waals surface area contributed by atoms with Crippen molar-refractivity contribution in [2.75, 3.05) is 0 Å². The average Bonchev–Trinajstić information content (AvgIpc) is 1.82. The zero-order valence-electron chi connectivity index (χ0n) is 7.26. The van der Waals surface area contributed by atoms with E-state index in [1.807, 2.05) is 0 Å². The van der Waals surface area contributed by atoms with Gasteiger partial charge in [-0.05, 0) is 19.3 Å². The Bertz CT molecular complexity index is 60.3. The van der Waals surface area contributed by atoms with Crippen LogP contribution in [-0.2, 0) is 0 Å². The molecule has 0 aliphatic carbocycles. The number of nitrogens with two attached hydrogens (primary N) is 1. The Labute approximate surface area is 70.8 Å². The third-order valence-corrected chi connectivity index (χ3v) is 1.86. The maximum Gasteiger partial charge on any atom is 0.00131 e. The van der Waals surface area contributed by atoms with Gasteiger partial charge in [0, 0.05) is 6.04 Å². The Kier molecular flexibility index (Phi) is 9.48. The van der Waals surface area contributed by atoms with Crippen LogP contribution in [0.4, 0.5) is 0 Å². The van der Waals surface area contributed by atoms with E-state index in [1.54, 1.807) is 0 Å².